The molecular weight excluding hydrogens is 304 g/mol. The van der Waals surface area contributed by atoms with Crippen molar-refractivity contribution in [3.8, 4) is 22.5 Å². The molecule has 1 aliphatic carbocycles. The summed E-state index contributed by atoms with van der Waals surface area (Å²) in [6.45, 7) is 0. The van der Waals surface area contributed by atoms with Crippen molar-refractivity contribution >= 4 is 11.7 Å². The van der Waals surface area contributed by atoms with E-state index in [9.17, 15) is 9.59 Å². The number of ketones is 1. The number of benzene rings is 1. The third kappa shape index (κ3) is 2.28. The van der Waals surface area contributed by atoms with Gasteiger partial charge in [-0.3, -0.25) is 14.6 Å². The molecule has 0 spiro atoms. The minimum Gasteiger partial charge on any atom is -0.363 e. The number of fused-ring (bicyclic) bond motifs is 1. The fraction of sp³-hybridized carbons (Fsp3) is 0.111. The highest BCUT2D eigenvalue weighted by atomic mass is 16.1. The lowest BCUT2D eigenvalue weighted by molar-refractivity contribution is 0.0985. The first kappa shape index (κ1) is 14.3. The van der Waals surface area contributed by atoms with E-state index in [1.807, 2.05) is 30.3 Å². The predicted octanol–water partition coefficient (Wildman–Crippen LogP) is 2.37. The number of nitrogens with one attached hydrogen (secondary N) is 1. The quantitative estimate of drug-likeness (QED) is 0.774. The van der Waals surface area contributed by atoms with Crippen LogP contribution >= 0.6 is 0 Å². The molecule has 0 fully saturated rings. The molecule has 0 saturated carbocycles. The highest BCUT2D eigenvalue weighted by molar-refractivity contribution is 6.01. The third-order valence-corrected chi connectivity index (χ3v) is 4.21. The van der Waals surface area contributed by atoms with Gasteiger partial charge >= 0.3 is 0 Å². The summed E-state index contributed by atoms with van der Waals surface area (Å²) < 4.78 is 0. The largest absolute Gasteiger partial charge is 0.363 e. The predicted molar refractivity (Wildman–Crippen MR) is 88.4 cm³/mol. The van der Waals surface area contributed by atoms with E-state index >= 15 is 0 Å². The monoisotopic (exact) mass is 318 g/mol. The number of pyridine rings is 1. The van der Waals surface area contributed by atoms with Gasteiger partial charge in [-0.15, -0.1) is 0 Å². The summed E-state index contributed by atoms with van der Waals surface area (Å²) in [4.78, 5) is 34.7. The summed E-state index contributed by atoms with van der Waals surface area (Å²) >= 11 is 0. The number of hydrogen-bond acceptors (Lipinski definition) is 4. The number of carbonyl (C=O) groups is 2. The lowest BCUT2D eigenvalue weighted by atomic mass is 10.0. The number of aromatic nitrogens is 3. The number of nitrogens with two attached hydrogens (primary N) is 1. The van der Waals surface area contributed by atoms with Gasteiger partial charge in [0.05, 0.1) is 11.4 Å². The third-order valence-electron chi connectivity index (χ3n) is 4.21. The molecule has 4 rings (SSSR count). The normalized spacial score (nSPS) is 13.1. The molecule has 6 nitrogen and oxygen atoms in total. The molecular formula is C18H14N4O2. The van der Waals surface area contributed by atoms with Crippen molar-refractivity contribution in [2.45, 2.75) is 12.8 Å². The Morgan fingerprint density at radius 3 is 2.62 bits per heavy atom. The number of imidazole rings is 1. The van der Waals surface area contributed by atoms with E-state index in [2.05, 4.69) is 15.0 Å². The summed E-state index contributed by atoms with van der Waals surface area (Å²) in [6, 6.07) is 9.31. The van der Waals surface area contributed by atoms with Crippen LogP contribution in [-0.2, 0) is 6.42 Å². The Labute approximate surface area is 137 Å². The number of nitrogens with zero attached hydrogens (tertiary/aromatic N) is 2. The van der Waals surface area contributed by atoms with Gasteiger partial charge in [0.2, 0.25) is 0 Å². The fourth-order valence-corrected chi connectivity index (χ4v) is 3.03. The van der Waals surface area contributed by atoms with Crippen LogP contribution < -0.4 is 5.73 Å². The topological polar surface area (TPSA) is 102 Å². The molecule has 1 aliphatic rings. The second kappa shape index (κ2) is 5.42. The van der Waals surface area contributed by atoms with E-state index in [1.54, 1.807) is 12.4 Å². The molecule has 0 radical (unpaired) electrons. The Kier molecular flexibility index (Phi) is 3.23. The Morgan fingerprint density at radius 1 is 1.08 bits per heavy atom. The Balaban J connectivity index is 1.89. The average Bonchev–Trinajstić information content (AvgIpc) is 3.20. The van der Waals surface area contributed by atoms with Crippen LogP contribution in [0.25, 0.3) is 22.5 Å². The summed E-state index contributed by atoms with van der Waals surface area (Å²) in [5.74, 6) is -0.341. The van der Waals surface area contributed by atoms with E-state index < -0.39 is 5.91 Å². The van der Waals surface area contributed by atoms with Crippen LogP contribution in [0.5, 0.6) is 0 Å². The minimum atomic E-state index is -0.618. The number of primary amides is 1. The Morgan fingerprint density at radius 2 is 1.88 bits per heavy atom. The van der Waals surface area contributed by atoms with E-state index in [1.165, 1.54) is 0 Å². The molecule has 0 atom stereocenters. The average molecular weight is 318 g/mol. The van der Waals surface area contributed by atoms with Gasteiger partial charge in [-0.2, -0.15) is 0 Å². The summed E-state index contributed by atoms with van der Waals surface area (Å²) in [5, 5.41) is 0. The first-order valence-corrected chi connectivity index (χ1v) is 7.60. The van der Waals surface area contributed by atoms with Crippen LogP contribution in [0.1, 0.15) is 33.0 Å². The molecule has 118 valence electrons. The fourth-order valence-electron chi connectivity index (χ4n) is 3.03. The number of aromatic amines is 1. The van der Waals surface area contributed by atoms with Gasteiger partial charge < -0.3 is 10.7 Å². The highest BCUT2D eigenvalue weighted by Crippen LogP contribution is 2.33. The van der Waals surface area contributed by atoms with Crippen molar-refractivity contribution in [1.29, 1.82) is 0 Å². The van der Waals surface area contributed by atoms with Crippen molar-refractivity contribution in [1.82, 2.24) is 15.0 Å². The second-order valence-electron chi connectivity index (χ2n) is 5.70. The first-order valence-electron chi connectivity index (χ1n) is 7.60. The van der Waals surface area contributed by atoms with E-state index in [4.69, 9.17) is 5.73 Å². The minimum absolute atomic E-state index is 0.105. The molecule has 0 saturated heterocycles. The smallest absolute Gasteiger partial charge is 0.284 e. The van der Waals surface area contributed by atoms with Gasteiger partial charge in [0.15, 0.2) is 11.6 Å². The molecule has 3 N–H and O–H groups in total. The van der Waals surface area contributed by atoms with Crippen molar-refractivity contribution in [2.75, 3.05) is 0 Å². The zero-order valence-electron chi connectivity index (χ0n) is 12.7. The maximum absolute atomic E-state index is 11.8. The summed E-state index contributed by atoms with van der Waals surface area (Å²) in [5.41, 5.74) is 10.2. The standard InChI is InChI=1S/C18H14N4O2/c19-17(24)18-21-15(10-5-7-20-8-6-10)16(22-18)12-1-3-13-11(9-12)2-4-14(13)23/h1,3,5-9H,2,4H2,(H2,19,24)(H,21,22). The Bertz CT molecular complexity index is 960. The summed E-state index contributed by atoms with van der Waals surface area (Å²) in [6.07, 6.45) is 4.62. The zero-order chi connectivity index (χ0) is 16.7. The highest BCUT2D eigenvalue weighted by Gasteiger charge is 2.22. The van der Waals surface area contributed by atoms with Gasteiger partial charge in [0, 0.05) is 35.5 Å². The van der Waals surface area contributed by atoms with Gasteiger partial charge in [-0.05, 0) is 30.2 Å². The van der Waals surface area contributed by atoms with E-state index in [0.717, 1.165) is 28.7 Å². The van der Waals surface area contributed by atoms with Crippen molar-refractivity contribution in [3.05, 3.63) is 59.7 Å². The van der Waals surface area contributed by atoms with Crippen LogP contribution in [0.15, 0.2) is 42.7 Å². The molecule has 1 aromatic carbocycles. The number of amides is 1. The van der Waals surface area contributed by atoms with Crippen molar-refractivity contribution in [3.63, 3.8) is 0 Å². The first-order chi connectivity index (χ1) is 11.6. The number of carbonyl (C=O) groups excluding carboxylic acids is 2. The van der Waals surface area contributed by atoms with Crippen molar-refractivity contribution < 1.29 is 9.59 Å². The molecule has 2 heterocycles. The Hall–Kier alpha value is -3.28. The second-order valence-corrected chi connectivity index (χ2v) is 5.70. The molecule has 24 heavy (non-hydrogen) atoms. The van der Waals surface area contributed by atoms with Crippen LogP contribution in [0.3, 0.4) is 0 Å². The molecule has 3 aromatic rings. The van der Waals surface area contributed by atoms with Crippen LogP contribution in [0.2, 0.25) is 0 Å². The van der Waals surface area contributed by atoms with Crippen molar-refractivity contribution in [2.24, 2.45) is 5.73 Å². The number of hydrogen-bond donors (Lipinski definition) is 2. The van der Waals surface area contributed by atoms with E-state index in [0.29, 0.717) is 17.8 Å². The SMILES string of the molecule is NC(=O)c1nc(-c2ccc3c(c2)CCC3=O)c(-c2ccncc2)[nH]1. The molecule has 0 aliphatic heterocycles. The van der Waals surface area contributed by atoms with Gasteiger partial charge in [-0.1, -0.05) is 12.1 Å². The zero-order valence-corrected chi connectivity index (χ0v) is 12.7. The molecule has 1 amide bonds. The number of H-pyrrole nitrogens is 1. The van der Waals surface area contributed by atoms with Crippen LogP contribution in [-0.4, -0.2) is 26.6 Å². The number of Topliss-reactive ketones (excluding diaryl/α,β-unsaturated/α-hetero) is 1. The lowest BCUT2D eigenvalue weighted by Gasteiger charge is -2.05. The number of rotatable bonds is 3. The molecule has 6 heteroatoms. The molecule has 2 aromatic heterocycles. The maximum atomic E-state index is 11.8. The summed E-state index contributed by atoms with van der Waals surface area (Å²) in [7, 11) is 0. The lowest BCUT2D eigenvalue weighted by Crippen LogP contribution is -2.12. The van der Waals surface area contributed by atoms with Gasteiger partial charge in [-0.25, -0.2) is 4.98 Å². The van der Waals surface area contributed by atoms with Crippen LogP contribution in [0, 0.1) is 0 Å². The molecule has 0 bridgehead atoms. The number of aryl methyl sites for hydroxylation is 1. The van der Waals surface area contributed by atoms with E-state index in [-0.39, 0.29) is 11.6 Å². The van der Waals surface area contributed by atoms with Gasteiger partial charge in [0.25, 0.3) is 5.91 Å². The molecule has 0 unspecified atom stereocenters. The van der Waals surface area contributed by atoms with Crippen LogP contribution in [0.4, 0.5) is 0 Å². The maximum Gasteiger partial charge on any atom is 0.284 e. The van der Waals surface area contributed by atoms with Gasteiger partial charge in [0.1, 0.15) is 0 Å².